The average molecular weight is 465 g/mol. The van der Waals surface area contributed by atoms with Gasteiger partial charge in [0.05, 0.1) is 34.4 Å². The van der Waals surface area contributed by atoms with Crippen LogP contribution in [-0.4, -0.2) is 20.7 Å². The Kier molecular flexibility index (Phi) is 6.10. The highest BCUT2D eigenvalue weighted by Gasteiger charge is 2.17. The van der Waals surface area contributed by atoms with E-state index in [0.717, 1.165) is 39.8 Å². The molecular formula is C29H25FN4O. The lowest BCUT2D eigenvalue weighted by molar-refractivity contribution is 0.0952. The second kappa shape index (κ2) is 9.50. The van der Waals surface area contributed by atoms with Gasteiger partial charge in [-0.3, -0.25) is 4.79 Å². The normalized spacial score (nSPS) is 11.1. The van der Waals surface area contributed by atoms with Crippen molar-refractivity contribution in [2.75, 3.05) is 0 Å². The number of rotatable bonds is 6. The molecule has 2 aromatic heterocycles. The zero-order chi connectivity index (χ0) is 24.4. The zero-order valence-electron chi connectivity index (χ0n) is 19.6. The minimum absolute atomic E-state index is 0.214. The van der Waals surface area contributed by atoms with Crippen molar-refractivity contribution < 1.29 is 9.18 Å². The highest BCUT2D eigenvalue weighted by Crippen LogP contribution is 2.28. The number of amides is 1. The molecule has 0 bridgehead atoms. The van der Waals surface area contributed by atoms with Gasteiger partial charge >= 0.3 is 0 Å². The minimum Gasteiger partial charge on any atom is -0.348 e. The van der Waals surface area contributed by atoms with Crippen molar-refractivity contribution in [3.8, 4) is 16.9 Å². The quantitative estimate of drug-likeness (QED) is 0.334. The third kappa shape index (κ3) is 4.55. The monoisotopic (exact) mass is 464 g/mol. The lowest BCUT2D eigenvalue weighted by Gasteiger charge is -2.11. The first-order chi connectivity index (χ1) is 17.0. The molecule has 2 heterocycles. The van der Waals surface area contributed by atoms with Crippen LogP contribution in [0.15, 0.2) is 85.1 Å². The maximum absolute atomic E-state index is 13.2. The maximum Gasteiger partial charge on any atom is 0.252 e. The SMILES string of the molecule is CCc1ccc(-n2ncc(-c3cc(C(=O)NCc4ccc(F)cc4)c4ccccc4n3)c2C)cc1. The summed E-state index contributed by atoms with van der Waals surface area (Å²) in [6.45, 7) is 4.43. The Morgan fingerprint density at radius 2 is 1.69 bits per heavy atom. The number of pyridine rings is 1. The number of nitrogens with one attached hydrogen (secondary N) is 1. The van der Waals surface area contributed by atoms with Gasteiger partial charge < -0.3 is 5.32 Å². The summed E-state index contributed by atoms with van der Waals surface area (Å²) in [4.78, 5) is 18.1. The summed E-state index contributed by atoms with van der Waals surface area (Å²) in [6.07, 6.45) is 2.77. The second-order valence-corrected chi connectivity index (χ2v) is 8.46. The van der Waals surface area contributed by atoms with Crippen molar-refractivity contribution in [1.82, 2.24) is 20.1 Å². The van der Waals surface area contributed by atoms with Crippen LogP contribution in [0.4, 0.5) is 4.39 Å². The van der Waals surface area contributed by atoms with E-state index in [0.29, 0.717) is 17.8 Å². The predicted molar refractivity (Wildman–Crippen MR) is 136 cm³/mol. The van der Waals surface area contributed by atoms with E-state index in [1.807, 2.05) is 41.9 Å². The van der Waals surface area contributed by atoms with E-state index in [1.165, 1.54) is 17.7 Å². The fourth-order valence-electron chi connectivity index (χ4n) is 4.18. The van der Waals surface area contributed by atoms with Gasteiger partial charge in [-0.1, -0.05) is 49.4 Å². The Hall–Kier alpha value is -4.32. The number of carbonyl (C=O) groups is 1. The molecule has 0 spiro atoms. The molecule has 0 radical (unpaired) electrons. The fraction of sp³-hybridized carbons (Fsp3) is 0.138. The largest absolute Gasteiger partial charge is 0.348 e. The molecule has 0 aliphatic heterocycles. The molecule has 1 amide bonds. The van der Waals surface area contributed by atoms with Gasteiger partial charge in [0.2, 0.25) is 0 Å². The Morgan fingerprint density at radius 3 is 2.43 bits per heavy atom. The Bertz CT molecular complexity index is 1500. The molecule has 0 saturated heterocycles. The molecule has 0 unspecified atom stereocenters. The van der Waals surface area contributed by atoms with Crippen LogP contribution in [0.25, 0.3) is 27.8 Å². The Labute approximate surface area is 203 Å². The van der Waals surface area contributed by atoms with Crippen molar-refractivity contribution in [2.24, 2.45) is 0 Å². The highest BCUT2D eigenvalue weighted by atomic mass is 19.1. The van der Waals surface area contributed by atoms with Crippen LogP contribution in [-0.2, 0) is 13.0 Å². The topological polar surface area (TPSA) is 59.8 Å². The molecule has 0 aliphatic rings. The van der Waals surface area contributed by atoms with Gasteiger partial charge in [0.1, 0.15) is 5.82 Å². The highest BCUT2D eigenvalue weighted by molar-refractivity contribution is 6.07. The van der Waals surface area contributed by atoms with E-state index in [4.69, 9.17) is 4.98 Å². The molecule has 174 valence electrons. The van der Waals surface area contributed by atoms with Gasteiger partial charge in [-0.15, -0.1) is 0 Å². The number of aryl methyl sites for hydroxylation is 1. The molecule has 0 aliphatic carbocycles. The number of halogens is 1. The Morgan fingerprint density at radius 1 is 0.971 bits per heavy atom. The summed E-state index contributed by atoms with van der Waals surface area (Å²) < 4.78 is 15.1. The molecule has 0 saturated carbocycles. The standard InChI is InChI=1S/C29H25FN4O/c1-3-20-10-14-23(15-11-20)34-19(2)26(18-32-34)28-16-25(24-6-4-5-7-27(24)33-28)29(35)31-17-21-8-12-22(30)13-9-21/h4-16,18H,3,17H2,1-2H3,(H,31,35). The van der Waals surface area contributed by atoms with Crippen molar-refractivity contribution in [3.63, 3.8) is 0 Å². The second-order valence-electron chi connectivity index (χ2n) is 8.46. The zero-order valence-corrected chi connectivity index (χ0v) is 19.6. The van der Waals surface area contributed by atoms with Gasteiger partial charge in [-0.25, -0.2) is 14.1 Å². The molecule has 5 aromatic rings. The van der Waals surface area contributed by atoms with Crippen LogP contribution >= 0.6 is 0 Å². The minimum atomic E-state index is -0.304. The first-order valence-corrected chi connectivity index (χ1v) is 11.6. The van der Waals surface area contributed by atoms with E-state index in [9.17, 15) is 9.18 Å². The van der Waals surface area contributed by atoms with Crippen LogP contribution < -0.4 is 5.32 Å². The summed E-state index contributed by atoms with van der Waals surface area (Å²) in [5.74, 6) is -0.517. The van der Waals surface area contributed by atoms with Gasteiger partial charge in [0.25, 0.3) is 5.91 Å². The predicted octanol–water partition coefficient (Wildman–Crippen LogP) is 6.03. The van der Waals surface area contributed by atoms with Crippen LogP contribution in [0.3, 0.4) is 0 Å². The third-order valence-corrected chi connectivity index (χ3v) is 6.20. The first kappa shape index (κ1) is 22.5. The van der Waals surface area contributed by atoms with Crippen molar-refractivity contribution in [2.45, 2.75) is 26.8 Å². The molecule has 1 N–H and O–H groups in total. The van der Waals surface area contributed by atoms with Crippen LogP contribution in [0.1, 0.15) is 34.1 Å². The molecule has 0 atom stereocenters. The number of hydrogen-bond acceptors (Lipinski definition) is 3. The van der Waals surface area contributed by atoms with Crippen LogP contribution in [0, 0.1) is 12.7 Å². The molecule has 35 heavy (non-hydrogen) atoms. The number of carbonyl (C=O) groups excluding carboxylic acids is 1. The molecule has 0 fully saturated rings. The van der Waals surface area contributed by atoms with Crippen LogP contribution in [0.5, 0.6) is 0 Å². The lowest BCUT2D eigenvalue weighted by Crippen LogP contribution is -2.23. The number of aromatic nitrogens is 3. The molecular weight excluding hydrogens is 439 g/mol. The van der Waals surface area contributed by atoms with Crippen molar-refractivity contribution in [3.05, 3.63) is 113 Å². The molecule has 3 aromatic carbocycles. The number of benzene rings is 3. The van der Waals surface area contributed by atoms with E-state index in [1.54, 1.807) is 18.3 Å². The summed E-state index contributed by atoms with van der Waals surface area (Å²) in [6, 6.07) is 23.8. The van der Waals surface area contributed by atoms with Crippen molar-refractivity contribution >= 4 is 16.8 Å². The van der Waals surface area contributed by atoms with E-state index < -0.39 is 0 Å². The smallest absolute Gasteiger partial charge is 0.252 e. The summed E-state index contributed by atoms with van der Waals surface area (Å²) in [5, 5.41) is 8.32. The first-order valence-electron chi connectivity index (χ1n) is 11.6. The summed E-state index contributed by atoms with van der Waals surface area (Å²) >= 11 is 0. The van der Waals surface area contributed by atoms with E-state index >= 15 is 0 Å². The van der Waals surface area contributed by atoms with Gasteiger partial charge in [0, 0.05) is 17.5 Å². The van der Waals surface area contributed by atoms with Gasteiger partial charge in [-0.05, 0) is 60.9 Å². The average Bonchev–Trinajstić information content (AvgIpc) is 3.28. The van der Waals surface area contributed by atoms with E-state index in [-0.39, 0.29) is 11.7 Å². The molecule has 5 rings (SSSR count). The van der Waals surface area contributed by atoms with Gasteiger partial charge in [-0.2, -0.15) is 5.10 Å². The summed E-state index contributed by atoms with van der Waals surface area (Å²) in [7, 11) is 0. The Balaban J connectivity index is 1.50. The van der Waals surface area contributed by atoms with Gasteiger partial charge in [0.15, 0.2) is 0 Å². The molecule has 5 nitrogen and oxygen atoms in total. The van der Waals surface area contributed by atoms with Crippen molar-refractivity contribution in [1.29, 1.82) is 0 Å². The fourth-order valence-corrected chi connectivity index (χ4v) is 4.18. The maximum atomic E-state index is 13.2. The molecule has 6 heteroatoms. The number of hydrogen-bond donors (Lipinski definition) is 1. The summed E-state index contributed by atoms with van der Waals surface area (Å²) in [5.41, 5.74) is 6.82. The third-order valence-electron chi connectivity index (χ3n) is 6.20. The number of para-hydroxylation sites is 1. The van der Waals surface area contributed by atoms with E-state index in [2.05, 4.69) is 41.6 Å². The number of nitrogens with zero attached hydrogens (tertiary/aromatic N) is 3. The number of fused-ring (bicyclic) bond motifs is 1. The lowest BCUT2D eigenvalue weighted by atomic mass is 10.0. The van der Waals surface area contributed by atoms with Crippen LogP contribution in [0.2, 0.25) is 0 Å².